The Labute approximate surface area is 136 Å². The maximum absolute atomic E-state index is 12.0. The minimum Gasteiger partial charge on any atom is -0.444 e. The maximum Gasteiger partial charge on any atom is 0.410 e. The molecule has 1 saturated carbocycles. The van der Waals surface area contributed by atoms with Gasteiger partial charge in [-0.25, -0.2) is 4.79 Å². The van der Waals surface area contributed by atoms with Crippen molar-refractivity contribution < 1.29 is 9.53 Å². The van der Waals surface area contributed by atoms with E-state index in [2.05, 4.69) is 5.32 Å². The summed E-state index contributed by atoms with van der Waals surface area (Å²) in [6, 6.07) is 0. The third-order valence-corrected chi connectivity index (χ3v) is 4.86. The number of nitrogens with one attached hydrogen (secondary N) is 1. The van der Waals surface area contributed by atoms with Crippen molar-refractivity contribution in [3.8, 4) is 0 Å². The minimum absolute atomic E-state index is 0.152. The van der Waals surface area contributed by atoms with Crippen LogP contribution < -0.4 is 5.32 Å². The molecule has 0 aromatic rings. The molecular formula is C18H34N2O2. The van der Waals surface area contributed by atoms with Gasteiger partial charge in [-0.1, -0.05) is 19.3 Å². The molecule has 4 nitrogen and oxygen atoms in total. The summed E-state index contributed by atoms with van der Waals surface area (Å²) in [7, 11) is 0. The largest absolute Gasteiger partial charge is 0.444 e. The lowest BCUT2D eigenvalue weighted by molar-refractivity contribution is 0.0184. The van der Waals surface area contributed by atoms with Crippen LogP contribution in [0.4, 0.5) is 4.79 Å². The summed E-state index contributed by atoms with van der Waals surface area (Å²) in [5.74, 6) is 1.61. The lowest BCUT2D eigenvalue weighted by Crippen LogP contribution is -2.43. The van der Waals surface area contributed by atoms with Gasteiger partial charge in [-0.05, 0) is 71.4 Å². The predicted octanol–water partition coefficient (Wildman–Crippen LogP) is 3.80. The molecule has 0 radical (unpaired) electrons. The molecule has 0 aromatic carbocycles. The molecule has 128 valence electrons. The summed E-state index contributed by atoms with van der Waals surface area (Å²) in [6.07, 6.45) is 9.11. The highest BCUT2D eigenvalue weighted by molar-refractivity contribution is 5.68. The van der Waals surface area contributed by atoms with E-state index in [9.17, 15) is 4.79 Å². The molecule has 2 aliphatic rings. The first-order valence-electron chi connectivity index (χ1n) is 9.13. The van der Waals surface area contributed by atoms with Crippen LogP contribution in [0, 0.1) is 11.8 Å². The molecular weight excluding hydrogens is 276 g/mol. The second kappa shape index (κ2) is 8.19. The van der Waals surface area contributed by atoms with Crippen LogP contribution in [-0.2, 0) is 4.74 Å². The maximum atomic E-state index is 12.0. The Morgan fingerprint density at radius 3 is 2.09 bits per heavy atom. The average molecular weight is 310 g/mol. The van der Waals surface area contributed by atoms with Gasteiger partial charge in [0.05, 0.1) is 0 Å². The average Bonchev–Trinajstić information content (AvgIpc) is 2.47. The van der Waals surface area contributed by atoms with Crippen LogP contribution in [0.3, 0.4) is 0 Å². The van der Waals surface area contributed by atoms with E-state index in [1.807, 2.05) is 25.7 Å². The second-order valence-electron chi connectivity index (χ2n) is 8.07. The third kappa shape index (κ3) is 6.15. The fourth-order valence-corrected chi connectivity index (χ4v) is 3.53. The molecule has 0 unspecified atom stereocenters. The minimum atomic E-state index is -0.393. The summed E-state index contributed by atoms with van der Waals surface area (Å²) in [5.41, 5.74) is -0.393. The van der Waals surface area contributed by atoms with Crippen LogP contribution in [0.15, 0.2) is 0 Å². The van der Waals surface area contributed by atoms with Crippen molar-refractivity contribution in [3.63, 3.8) is 0 Å². The van der Waals surface area contributed by atoms with Gasteiger partial charge in [0.25, 0.3) is 0 Å². The first-order chi connectivity index (χ1) is 10.4. The number of rotatable bonds is 4. The van der Waals surface area contributed by atoms with Gasteiger partial charge < -0.3 is 15.0 Å². The van der Waals surface area contributed by atoms with Crippen molar-refractivity contribution in [2.45, 2.75) is 71.3 Å². The number of hydrogen-bond acceptors (Lipinski definition) is 3. The number of carbonyl (C=O) groups excluding carboxylic acids is 1. The Bertz CT molecular complexity index is 337. The van der Waals surface area contributed by atoms with Gasteiger partial charge in [-0.3, -0.25) is 0 Å². The summed E-state index contributed by atoms with van der Waals surface area (Å²) in [6.45, 7) is 9.74. The van der Waals surface area contributed by atoms with Crippen molar-refractivity contribution >= 4 is 6.09 Å². The van der Waals surface area contributed by atoms with E-state index in [0.29, 0.717) is 5.92 Å². The number of hydrogen-bond donors (Lipinski definition) is 1. The van der Waals surface area contributed by atoms with Crippen LogP contribution in [0.5, 0.6) is 0 Å². The van der Waals surface area contributed by atoms with E-state index in [4.69, 9.17) is 4.74 Å². The van der Waals surface area contributed by atoms with Gasteiger partial charge in [0.1, 0.15) is 5.60 Å². The molecule has 1 aliphatic carbocycles. The summed E-state index contributed by atoms with van der Waals surface area (Å²) < 4.78 is 5.44. The highest BCUT2D eigenvalue weighted by Crippen LogP contribution is 2.23. The topological polar surface area (TPSA) is 41.6 Å². The fraction of sp³-hybridized carbons (Fsp3) is 0.944. The monoisotopic (exact) mass is 310 g/mol. The zero-order chi connectivity index (χ0) is 16.0. The molecule has 22 heavy (non-hydrogen) atoms. The van der Waals surface area contributed by atoms with Crippen LogP contribution in [0.25, 0.3) is 0 Å². The predicted molar refractivity (Wildman–Crippen MR) is 90.0 cm³/mol. The Balaban J connectivity index is 1.59. The van der Waals surface area contributed by atoms with E-state index in [1.54, 1.807) is 0 Å². The van der Waals surface area contributed by atoms with Gasteiger partial charge in [0, 0.05) is 13.1 Å². The number of amides is 1. The first-order valence-corrected chi connectivity index (χ1v) is 9.13. The summed E-state index contributed by atoms with van der Waals surface area (Å²) >= 11 is 0. The molecule has 4 heteroatoms. The van der Waals surface area contributed by atoms with Crippen molar-refractivity contribution in [1.29, 1.82) is 0 Å². The Kier molecular flexibility index (Phi) is 6.54. The Hall–Kier alpha value is -0.770. The molecule has 1 heterocycles. The van der Waals surface area contributed by atoms with Gasteiger partial charge >= 0.3 is 6.09 Å². The highest BCUT2D eigenvalue weighted by Gasteiger charge is 2.26. The lowest BCUT2D eigenvalue weighted by atomic mass is 9.89. The van der Waals surface area contributed by atoms with Crippen molar-refractivity contribution in [2.75, 3.05) is 26.2 Å². The molecule has 0 bridgehead atoms. The number of piperidine rings is 1. The van der Waals surface area contributed by atoms with Crippen LogP contribution in [0.1, 0.15) is 65.7 Å². The quantitative estimate of drug-likeness (QED) is 0.858. The van der Waals surface area contributed by atoms with Crippen LogP contribution in [0.2, 0.25) is 0 Å². The summed E-state index contributed by atoms with van der Waals surface area (Å²) in [5, 5.41) is 3.67. The van der Waals surface area contributed by atoms with Crippen molar-refractivity contribution in [2.24, 2.45) is 11.8 Å². The molecule has 1 aliphatic heterocycles. The molecule has 2 rings (SSSR count). The van der Waals surface area contributed by atoms with Gasteiger partial charge in [-0.15, -0.1) is 0 Å². The number of nitrogens with zero attached hydrogens (tertiary/aromatic N) is 1. The van der Waals surface area contributed by atoms with Gasteiger partial charge in [-0.2, -0.15) is 0 Å². The molecule has 0 atom stereocenters. The van der Waals surface area contributed by atoms with E-state index in [0.717, 1.165) is 38.4 Å². The van der Waals surface area contributed by atoms with Gasteiger partial charge in [0.15, 0.2) is 0 Å². The fourth-order valence-electron chi connectivity index (χ4n) is 3.53. The van der Waals surface area contributed by atoms with Crippen molar-refractivity contribution in [3.05, 3.63) is 0 Å². The molecule has 0 aromatic heterocycles. The van der Waals surface area contributed by atoms with Crippen LogP contribution in [-0.4, -0.2) is 42.8 Å². The number of carbonyl (C=O) groups is 1. The normalized spacial score (nSPS) is 21.9. The lowest BCUT2D eigenvalue weighted by Gasteiger charge is -2.33. The zero-order valence-electron chi connectivity index (χ0n) is 14.7. The Morgan fingerprint density at radius 2 is 1.55 bits per heavy atom. The standard InChI is InChI=1S/C18H34N2O2/c1-18(2,3)22-17(21)20-11-9-16(10-12-20)14-19-13-15-7-5-4-6-8-15/h15-16,19H,4-14H2,1-3H3. The first kappa shape index (κ1) is 17.6. The summed E-state index contributed by atoms with van der Waals surface area (Å²) in [4.78, 5) is 13.9. The van der Waals surface area contributed by atoms with Crippen molar-refractivity contribution in [1.82, 2.24) is 10.2 Å². The Morgan fingerprint density at radius 1 is 1.00 bits per heavy atom. The molecule has 2 fully saturated rings. The smallest absolute Gasteiger partial charge is 0.410 e. The van der Waals surface area contributed by atoms with E-state index >= 15 is 0 Å². The second-order valence-corrected chi connectivity index (χ2v) is 8.07. The SMILES string of the molecule is CC(C)(C)OC(=O)N1CCC(CNCC2CCCCC2)CC1. The molecule has 1 N–H and O–H groups in total. The highest BCUT2D eigenvalue weighted by atomic mass is 16.6. The van der Waals surface area contributed by atoms with Crippen LogP contribution >= 0.6 is 0 Å². The molecule has 1 amide bonds. The third-order valence-electron chi connectivity index (χ3n) is 4.86. The number of ether oxygens (including phenoxy) is 1. The zero-order valence-corrected chi connectivity index (χ0v) is 14.7. The molecule has 0 spiro atoms. The van der Waals surface area contributed by atoms with E-state index < -0.39 is 5.60 Å². The van der Waals surface area contributed by atoms with Gasteiger partial charge in [0.2, 0.25) is 0 Å². The van der Waals surface area contributed by atoms with E-state index in [1.165, 1.54) is 38.6 Å². The molecule has 1 saturated heterocycles. The number of likely N-dealkylation sites (tertiary alicyclic amines) is 1. The van der Waals surface area contributed by atoms with E-state index in [-0.39, 0.29) is 6.09 Å².